The van der Waals surface area contributed by atoms with Crippen molar-refractivity contribution in [3.05, 3.63) is 45.9 Å². The van der Waals surface area contributed by atoms with Gasteiger partial charge in [0, 0.05) is 24.2 Å². The standard InChI is InChI=1S/C22H33N5S.HI/c1-4-21-25-20(15-28-21)14-27-10-8-17(9-11-27)13-24-22(23)26-19-7-5-6-18(12-19)16(2)3;/h5-7,12,15-17H,4,8-11,13-14H2,1-3H3,(H3,23,24,26);1H. The normalized spacial score (nSPS) is 16.1. The van der Waals surface area contributed by atoms with Gasteiger partial charge in [-0.05, 0) is 61.9 Å². The van der Waals surface area contributed by atoms with Crippen LogP contribution in [0, 0.1) is 5.92 Å². The smallest absolute Gasteiger partial charge is 0.193 e. The molecule has 5 nitrogen and oxygen atoms in total. The van der Waals surface area contributed by atoms with Gasteiger partial charge in [0.2, 0.25) is 0 Å². The lowest BCUT2D eigenvalue weighted by Gasteiger charge is -2.30. The van der Waals surface area contributed by atoms with Crippen LogP contribution in [0.25, 0.3) is 0 Å². The van der Waals surface area contributed by atoms with Gasteiger partial charge < -0.3 is 11.1 Å². The highest BCUT2D eigenvalue weighted by Crippen LogP contribution is 2.21. The second-order valence-corrected chi connectivity index (χ2v) is 8.88. The van der Waals surface area contributed by atoms with E-state index in [-0.39, 0.29) is 24.0 Å². The highest BCUT2D eigenvalue weighted by molar-refractivity contribution is 14.0. The van der Waals surface area contributed by atoms with Crippen molar-refractivity contribution in [3.8, 4) is 0 Å². The lowest BCUT2D eigenvalue weighted by atomic mass is 9.97. The first-order valence-corrected chi connectivity index (χ1v) is 11.2. The number of guanidine groups is 1. The Labute approximate surface area is 196 Å². The van der Waals surface area contributed by atoms with Gasteiger partial charge in [0.15, 0.2) is 5.96 Å². The molecule has 29 heavy (non-hydrogen) atoms. The van der Waals surface area contributed by atoms with Crippen LogP contribution >= 0.6 is 35.3 Å². The summed E-state index contributed by atoms with van der Waals surface area (Å²) in [6.45, 7) is 10.6. The summed E-state index contributed by atoms with van der Waals surface area (Å²) in [6, 6.07) is 8.39. The van der Waals surface area contributed by atoms with Crippen molar-refractivity contribution in [2.75, 3.05) is 25.0 Å². The fourth-order valence-electron chi connectivity index (χ4n) is 3.53. The van der Waals surface area contributed by atoms with Crippen molar-refractivity contribution < 1.29 is 0 Å². The predicted molar refractivity (Wildman–Crippen MR) is 136 cm³/mol. The number of hydrogen-bond donors (Lipinski definition) is 2. The van der Waals surface area contributed by atoms with Gasteiger partial charge in [-0.3, -0.25) is 9.89 Å². The Morgan fingerprint density at radius 3 is 2.76 bits per heavy atom. The lowest BCUT2D eigenvalue weighted by molar-refractivity contribution is 0.179. The molecule has 1 aliphatic heterocycles. The zero-order chi connectivity index (χ0) is 19.9. The van der Waals surface area contributed by atoms with E-state index in [9.17, 15) is 0 Å². The third-order valence-corrected chi connectivity index (χ3v) is 6.38. The average Bonchev–Trinajstić information content (AvgIpc) is 3.15. The molecule has 0 atom stereocenters. The Hall–Kier alpha value is -1.19. The van der Waals surface area contributed by atoms with Crippen molar-refractivity contribution in [2.45, 2.75) is 52.5 Å². The number of likely N-dealkylation sites (tertiary alicyclic amines) is 1. The summed E-state index contributed by atoms with van der Waals surface area (Å²) in [7, 11) is 0. The predicted octanol–water partition coefficient (Wildman–Crippen LogP) is 5.09. The van der Waals surface area contributed by atoms with Gasteiger partial charge in [-0.15, -0.1) is 35.3 Å². The van der Waals surface area contributed by atoms with E-state index in [1.165, 1.54) is 29.1 Å². The number of piperidine rings is 1. The number of halogens is 1. The van der Waals surface area contributed by atoms with Gasteiger partial charge in [0.1, 0.15) is 0 Å². The van der Waals surface area contributed by atoms with Crippen LogP contribution < -0.4 is 11.1 Å². The molecule has 1 aromatic heterocycles. The first kappa shape index (κ1) is 24.1. The highest BCUT2D eigenvalue weighted by atomic mass is 127. The van der Waals surface area contributed by atoms with Crippen LogP contribution in [0.1, 0.15) is 55.8 Å². The first-order chi connectivity index (χ1) is 13.5. The maximum Gasteiger partial charge on any atom is 0.193 e. The molecule has 0 amide bonds. The first-order valence-electron chi connectivity index (χ1n) is 10.4. The largest absolute Gasteiger partial charge is 0.370 e. The van der Waals surface area contributed by atoms with E-state index in [4.69, 9.17) is 5.73 Å². The average molecular weight is 528 g/mol. The van der Waals surface area contributed by atoms with Gasteiger partial charge in [-0.2, -0.15) is 0 Å². The Kier molecular flexibility index (Phi) is 9.85. The van der Waals surface area contributed by atoms with Crippen molar-refractivity contribution in [3.63, 3.8) is 0 Å². The van der Waals surface area contributed by atoms with Crippen LogP contribution in [-0.4, -0.2) is 35.5 Å². The molecule has 1 aromatic carbocycles. The summed E-state index contributed by atoms with van der Waals surface area (Å²) in [5.41, 5.74) is 9.65. The lowest BCUT2D eigenvalue weighted by Crippen LogP contribution is -2.34. The molecule has 1 aliphatic rings. The number of nitrogens with one attached hydrogen (secondary N) is 1. The van der Waals surface area contributed by atoms with Crippen molar-refractivity contribution >= 4 is 47.0 Å². The van der Waals surface area contributed by atoms with E-state index < -0.39 is 0 Å². The summed E-state index contributed by atoms with van der Waals surface area (Å²) in [5.74, 6) is 1.63. The molecule has 1 saturated heterocycles. The summed E-state index contributed by atoms with van der Waals surface area (Å²) in [4.78, 5) is 11.8. The van der Waals surface area contributed by atoms with Gasteiger partial charge in [0.05, 0.1) is 10.7 Å². The molecule has 0 unspecified atom stereocenters. The molecule has 0 spiro atoms. The summed E-state index contributed by atoms with van der Waals surface area (Å²) in [6.07, 6.45) is 3.37. The Morgan fingerprint density at radius 1 is 1.34 bits per heavy atom. The molecular formula is C22H34IN5S. The van der Waals surface area contributed by atoms with Crippen LogP contribution in [0.4, 0.5) is 5.69 Å². The Morgan fingerprint density at radius 2 is 2.10 bits per heavy atom. The van der Waals surface area contributed by atoms with E-state index >= 15 is 0 Å². The van der Waals surface area contributed by atoms with E-state index in [1.54, 1.807) is 11.3 Å². The monoisotopic (exact) mass is 527 g/mol. The van der Waals surface area contributed by atoms with E-state index in [2.05, 4.69) is 64.5 Å². The van der Waals surface area contributed by atoms with Crippen LogP contribution in [0.5, 0.6) is 0 Å². The number of nitrogens with zero attached hydrogens (tertiary/aromatic N) is 3. The zero-order valence-corrected chi connectivity index (χ0v) is 20.9. The topological polar surface area (TPSA) is 66.5 Å². The molecule has 0 aliphatic carbocycles. The fraction of sp³-hybridized carbons (Fsp3) is 0.545. The maximum atomic E-state index is 6.12. The number of aromatic nitrogens is 1. The SMILES string of the molecule is CCc1nc(CN2CCC(CN=C(N)Nc3cccc(C(C)C)c3)CC2)cs1.I. The number of thiazole rings is 1. The van der Waals surface area contributed by atoms with Crippen molar-refractivity contribution in [1.29, 1.82) is 0 Å². The molecule has 0 saturated carbocycles. The molecule has 0 radical (unpaired) electrons. The minimum Gasteiger partial charge on any atom is -0.370 e. The molecule has 2 heterocycles. The second kappa shape index (κ2) is 11.9. The Balaban J connectivity index is 0.00000300. The third-order valence-electron chi connectivity index (χ3n) is 5.34. The van der Waals surface area contributed by atoms with E-state index in [0.717, 1.165) is 38.3 Å². The molecule has 3 N–H and O–H groups in total. The Bertz CT molecular complexity index is 781. The molecular weight excluding hydrogens is 493 g/mol. The number of aliphatic imine (C=N–C) groups is 1. The molecule has 160 valence electrons. The summed E-state index contributed by atoms with van der Waals surface area (Å²) in [5, 5.41) is 6.68. The number of rotatable bonds is 7. The fourth-order valence-corrected chi connectivity index (χ4v) is 4.27. The van der Waals surface area contributed by atoms with Crippen molar-refractivity contribution in [2.24, 2.45) is 16.6 Å². The molecule has 7 heteroatoms. The van der Waals surface area contributed by atoms with Crippen LogP contribution in [0.3, 0.4) is 0 Å². The molecule has 1 fully saturated rings. The van der Waals surface area contributed by atoms with Crippen LogP contribution in [-0.2, 0) is 13.0 Å². The van der Waals surface area contributed by atoms with Gasteiger partial charge >= 0.3 is 0 Å². The quantitative estimate of drug-likeness (QED) is 0.299. The van der Waals surface area contributed by atoms with E-state index in [0.29, 0.717) is 17.8 Å². The number of anilines is 1. The molecule has 3 rings (SSSR count). The molecule has 2 aromatic rings. The third kappa shape index (κ3) is 7.53. The minimum absolute atomic E-state index is 0. The minimum atomic E-state index is 0. The number of nitrogens with two attached hydrogens (primary N) is 1. The summed E-state index contributed by atoms with van der Waals surface area (Å²) >= 11 is 1.78. The van der Waals surface area contributed by atoms with Crippen molar-refractivity contribution in [1.82, 2.24) is 9.88 Å². The number of benzene rings is 1. The number of hydrogen-bond acceptors (Lipinski definition) is 4. The maximum absolute atomic E-state index is 6.12. The molecule has 0 bridgehead atoms. The van der Waals surface area contributed by atoms with E-state index in [1.807, 2.05) is 6.07 Å². The number of aryl methyl sites for hydroxylation is 1. The van der Waals surface area contributed by atoms with Gasteiger partial charge in [-0.25, -0.2) is 4.98 Å². The van der Waals surface area contributed by atoms with Gasteiger partial charge in [-0.1, -0.05) is 32.9 Å². The summed E-state index contributed by atoms with van der Waals surface area (Å²) < 4.78 is 0. The van der Waals surface area contributed by atoms with Gasteiger partial charge in [0.25, 0.3) is 0 Å². The van der Waals surface area contributed by atoms with Crippen LogP contribution in [0.15, 0.2) is 34.6 Å². The highest BCUT2D eigenvalue weighted by Gasteiger charge is 2.19. The second-order valence-electron chi connectivity index (χ2n) is 7.94. The van der Waals surface area contributed by atoms with Crippen LogP contribution in [0.2, 0.25) is 0 Å². The zero-order valence-electron chi connectivity index (χ0n) is 17.7.